The van der Waals surface area contributed by atoms with Crippen molar-refractivity contribution in [3.63, 3.8) is 0 Å². The second-order valence-electron chi connectivity index (χ2n) is 4.18. The monoisotopic (exact) mass is 282 g/mol. The molecular weight excluding hydrogens is 271 g/mol. The Kier molecular flexibility index (Phi) is 4.47. The van der Waals surface area contributed by atoms with E-state index in [4.69, 9.17) is 4.74 Å². The molecule has 0 aromatic heterocycles. The van der Waals surface area contributed by atoms with E-state index in [0.29, 0.717) is 5.56 Å². The molecular formula is C17H11FO3. The van der Waals surface area contributed by atoms with E-state index in [9.17, 15) is 14.0 Å². The average molecular weight is 282 g/mol. The molecule has 0 aliphatic rings. The first-order valence-electron chi connectivity index (χ1n) is 6.15. The summed E-state index contributed by atoms with van der Waals surface area (Å²) < 4.78 is 17.7. The number of ketones is 1. The standard InChI is InChI=1S/C17H11FO3/c1-12(19)21-17-5-3-2-4-15(17)16(20)11-8-13-6-9-14(18)10-7-13/h2-7,9-10H,1H3. The topological polar surface area (TPSA) is 43.4 Å². The molecule has 0 aliphatic heterocycles. The van der Waals surface area contributed by atoms with Crippen LogP contribution in [-0.2, 0) is 4.79 Å². The van der Waals surface area contributed by atoms with Gasteiger partial charge < -0.3 is 4.74 Å². The van der Waals surface area contributed by atoms with Crippen LogP contribution in [0, 0.1) is 17.7 Å². The Balaban J connectivity index is 2.25. The van der Waals surface area contributed by atoms with E-state index >= 15 is 0 Å². The number of halogens is 1. The van der Waals surface area contributed by atoms with Crippen molar-refractivity contribution in [2.45, 2.75) is 6.92 Å². The lowest BCUT2D eigenvalue weighted by molar-refractivity contribution is -0.131. The average Bonchev–Trinajstić information content (AvgIpc) is 2.46. The van der Waals surface area contributed by atoms with Crippen molar-refractivity contribution < 1.29 is 18.7 Å². The smallest absolute Gasteiger partial charge is 0.308 e. The van der Waals surface area contributed by atoms with Gasteiger partial charge >= 0.3 is 5.97 Å². The number of Topliss-reactive ketones (excluding diaryl/α,β-unsaturated/α-hetero) is 1. The largest absolute Gasteiger partial charge is 0.426 e. The highest BCUT2D eigenvalue weighted by atomic mass is 19.1. The Morgan fingerprint density at radius 3 is 2.38 bits per heavy atom. The zero-order valence-corrected chi connectivity index (χ0v) is 11.2. The lowest BCUT2D eigenvalue weighted by Gasteiger charge is -2.04. The van der Waals surface area contributed by atoms with E-state index in [1.807, 2.05) is 0 Å². The van der Waals surface area contributed by atoms with Gasteiger partial charge in [-0.15, -0.1) is 0 Å². The minimum Gasteiger partial charge on any atom is -0.426 e. The van der Waals surface area contributed by atoms with Crippen molar-refractivity contribution in [3.8, 4) is 17.6 Å². The third-order valence-electron chi connectivity index (χ3n) is 2.55. The molecule has 0 fully saturated rings. The van der Waals surface area contributed by atoms with Crippen LogP contribution in [0.15, 0.2) is 48.5 Å². The van der Waals surface area contributed by atoms with Crippen molar-refractivity contribution in [1.29, 1.82) is 0 Å². The van der Waals surface area contributed by atoms with Gasteiger partial charge in [-0.3, -0.25) is 9.59 Å². The van der Waals surface area contributed by atoms with Crippen LogP contribution in [0.5, 0.6) is 5.75 Å². The number of carbonyl (C=O) groups excluding carboxylic acids is 2. The first-order chi connectivity index (χ1) is 10.1. The number of carbonyl (C=O) groups is 2. The van der Waals surface area contributed by atoms with Gasteiger partial charge in [-0.25, -0.2) is 4.39 Å². The van der Waals surface area contributed by atoms with Gasteiger partial charge in [0.2, 0.25) is 5.78 Å². The summed E-state index contributed by atoms with van der Waals surface area (Å²) in [6.45, 7) is 1.26. The Morgan fingerprint density at radius 2 is 1.71 bits per heavy atom. The molecule has 0 N–H and O–H groups in total. The minimum atomic E-state index is -0.512. The van der Waals surface area contributed by atoms with E-state index in [2.05, 4.69) is 11.8 Å². The maximum atomic E-state index is 12.8. The highest BCUT2D eigenvalue weighted by molar-refractivity contribution is 6.11. The summed E-state index contributed by atoms with van der Waals surface area (Å²) in [6.07, 6.45) is 0. The van der Waals surface area contributed by atoms with Gasteiger partial charge in [0.15, 0.2) is 0 Å². The quantitative estimate of drug-likeness (QED) is 0.368. The summed E-state index contributed by atoms with van der Waals surface area (Å²) in [5.41, 5.74) is 0.733. The molecule has 2 aromatic carbocycles. The van der Waals surface area contributed by atoms with Crippen LogP contribution >= 0.6 is 0 Å². The van der Waals surface area contributed by atoms with Gasteiger partial charge in [-0.05, 0) is 42.3 Å². The van der Waals surface area contributed by atoms with Crippen molar-refractivity contribution in [2.24, 2.45) is 0 Å². The van der Waals surface area contributed by atoms with E-state index in [1.54, 1.807) is 12.1 Å². The summed E-state index contributed by atoms with van der Waals surface area (Å²) in [6, 6.07) is 11.8. The SMILES string of the molecule is CC(=O)Oc1ccccc1C(=O)C#Cc1ccc(F)cc1. The first-order valence-corrected chi connectivity index (χ1v) is 6.15. The highest BCUT2D eigenvalue weighted by Crippen LogP contribution is 2.18. The van der Waals surface area contributed by atoms with Crippen molar-refractivity contribution in [3.05, 3.63) is 65.5 Å². The zero-order chi connectivity index (χ0) is 15.2. The molecule has 0 radical (unpaired) electrons. The van der Waals surface area contributed by atoms with Gasteiger partial charge in [0.25, 0.3) is 0 Å². The molecule has 2 rings (SSSR count). The van der Waals surface area contributed by atoms with Crippen LogP contribution < -0.4 is 4.74 Å². The second kappa shape index (κ2) is 6.49. The van der Waals surface area contributed by atoms with Crippen LogP contribution in [0.1, 0.15) is 22.8 Å². The summed E-state index contributed by atoms with van der Waals surface area (Å²) in [5, 5.41) is 0. The molecule has 0 aliphatic carbocycles. The number of rotatable bonds is 2. The van der Waals surface area contributed by atoms with Crippen molar-refractivity contribution in [1.82, 2.24) is 0 Å². The fourth-order valence-electron chi connectivity index (χ4n) is 1.63. The molecule has 2 aromatic rings. The number of benzene rings is 2. The summed E-state index contributed by atoms with van der Waals surface area (Å²) in [4.78, 5) is 23.0. The lowest BCUT2D eigenvalue weighted by Crippen LogP contribution is -2.06. The lowest BCUT2D eigenvalue weighted by atomic mass is 10.1. The summed E-state index contributed by atoms with van der Waals surface area (Å²) in [7, 11) is 0. The normalized spacial score (nSPS) is 9.43. The molecule has 21 heavy (non-hydrogen) atoms. The first kappa shape index (κ1) is 14.5. The molecule has 0 heterocycles. The van der Waals surface area contributed by atoms with Gasteiger partial charge in [0.1, 0.15) is 11.6 Å². The van der Waals surface area contributed by atoms with Crippen LogP contribution in [0.2, 0.25) is 0 Å². The molecule has 0 amide bonds. The molecule has 0 bridgehead atoms. The van der Waals surface area contributed by atoms with Crippen LogP contribution in [0.3, 0.4) is 0 Å². The summed E-state index contributed by atoms with van der Waals surface area (Å²) >= 11 is 0. The molecule has 0 saturated heterocycles. The minimum absolute atomic E-state index is 0.170. The van der Waals surface area contributed by atoms with Crippen LogP contribution in [-0.4, -0.2) is 11.8 Å². The maximum absolute atomic E-state index is 12.8. The molecule has 0 unspecified atom stereocenters. The Labute approximate surface area is 121 Å². The van der Waals surface area contributed by atoms with Crippen LogP contribution in [0.4, 0.5) is 4.39 Å². The second-order valence-corrected chi connectivity index (χ2v) is 4.18. The number of ether oxygens (including phenoxy) is 1. The maximum Gasteiger partial charge on any atom is 0.308 e. The Hall–Kier alpha value is -2.93. The fraction of sp³-hybridized carbons (Fsp3) is 0.0588. The third-order valence-corrected chi connectivity index (χ3v) is 2.55. The third kappa shape index (κ3) is 4.02. The molecule has 4 heteroatoms. The van der Waals surface area contributed by atoms with Gasteiger partial charge in [0.05, 0.1) is 5.56 Å². The highest BCUT2D eigenvalue weighted by Gasteiger charge is 2.11. The van der Waals surface area contributed by atoms with E-state index in [1.165, 1.54) is 43.3 Å². The van der Waals surface area contributed by atoms with E-state index in [-0.39, 0.29) is 17.1 Å². The predicted octanol–water partition coefficient (Wildman–Crippen LogP) is 2.99. The molecule has 104 valence electrons. The fourth-order valence-corrected chi connectivity index (χ4v) is 1.63. The van der Waals surface area contributed by atoms with Gasteiger partial charge in [-0.1, -0.05) is 18.1 Å². The number of hydrogen-bond donors (Lipinski definition) is 0. The number of para-hydroxylation sites is 1. The molecule has 0 atom stereocenters. The predicted molar refractivity (Wildman–Crippen MR) is 75.4 cm³/mol. The number of hydrogen-bond acceptors (Lipinski definition) is 3. The summed E-state index contributed by atoms with van der Waals surface area (Å²) in [5.74, 6) is 3.90. The van der Waals surface area contributed by atoms with Crippen molar-refractivity contribution >= 4 is 11.8 Å². The van der Waals surface area contributed by atoms with Gasteiger partial charge in [0, 0.05) is 12.5 Å². The van der Waals surface area contributed by atoms with E-state index in [0.717, 1.165) is 0 Å². The van der Waals surface area contributed by atoms with Crippen LogP contribution in [0.25, 0.3) is 0 Å². The van der Waals surface area contributed by atoms with E-state index < -0.39 is 11.8 Å². The molecule has 3 nitrogen and oxygen atoms in total. The zero-order valence-electron chi connectivity index (χ0n) is 11.2. The van der Waals surface area contributed by atoms with Gasteiger partial charge in [-0.2, -0.15) is 0 Å². The Morgan fingerprint density at radius 1 is 1.05 bits per heavy atom. The molecule has 0 saturated carbocycles. The Bertz CT molecular complexity index is 737. The number of esters is 1. The molecule has 0 spiro atoms. The van der Waals surface area contributed by atoms with Crippen molar-refractivity contribution in [2.75, 3.05) is 0 Å².